The van der Waals surface area contributed by atoms with Crippen molar-refractivity contribution in [2.24, 2.45) is 0 Å². The first-order valence-corrected chi connectivity index (χ1v) is 12.8. The van der Waals surface area contributed by atoms with E-state index in [1.54, 1.807) is 0 Å². The van der Waals surface area contributed by atoms with Crippen molar-refractivity contribution in [3.8, 4) is 0 Å². The Morgan fingerprint density at radius 2 is 1.09 bits per heavy atom. The first-order chi connectivity index (χ1) is 14.7. The summed E-state index contributed by atoms with van der Waals surface area (Å²) >= 11 is 0. The van der Waals surface area contributed by atoms with Crippen LogP contribution in [0.3, 0.4) is 0 Å². The molecule has 0 amide bonds. The van der Waals surface area contributed by atoms with Crippen LogP contribution >= 0.6 is 0 Å². The third kappa shape index (κ3) is 40.0. The van der Waals surface area contributed by atoms with Gasteiger partial charge in [0.05, 0.1) is 12.6 Å². The van der Waals surface area contributed by atoms with E-state index in [-0.39, 0.29) is 36.2 Å². The smallest absolute Gasteiger partial charge is 0.545 e. The average Bonchev–Trinajstić information content (AvgIpc) is 2.68. The van der Waals surface area contributed by atoms with Crippen LogP contribution in [0.2, 0.25) is 0 Å². The molecule has 0 rings (SSSR count). The topological polar surface area (TPSA) is 141 Å². The molecule has 0 aliphatic heterocycles. The van der Waals surface area contributed by atoms with Crippen molar-refractivity contribution in [2.45, 2.75) is 110 Å². The first kappa shape index (κ1) is 36.1. The number of carbonyl (C=O) groups is 2. The van der Waals surface area contributed by atoms with Crippen LogP contribution in [0, 0.1) is 0 Å². The molecule has 0 spiro atoms. The molecular weight excluding hydrogens is 447 g/mol. The molecule has 0 radical (unpaired) electrons. The molecule has 10 heteroatoms. The zero-order valence-corrected chi connectivity index (χ0v) is 22.7. The SMILES string of the molecule is CCCCCCCCCCCCCCCCCCOS(=O)(=O)O.O=C([O-])C=CC(=O)O.[Na+]. The molecule has 32 heavy (non-hydrogen) atoms. The quantitative estimate of drug-likeness (QED) is 0.114. The number of carboxylic acid groups (broad SMARTS) is 2. The Balaban J connectivity index is -0.000000793. The number of hydrogen-bond donors (Lipinski definition) is 2. The predicted octanol–water partition coefficient (Wildman–Crippen LogP) is 1.45. The van der Waals surface area contributed by atoms with E-state index in [4.69, 9.17) is 9.66 Å². The van der Waals surface area contributed by atoms with E-state index in [0.29, 0.717) is 18.6 Å². The van der Waals surface area contributed by atoms with Gasteiger partial charge in [-0.3, -0.25) is 4.55 Å². The summed E-state index contributed by atoms with van der Waals surface area (Å²) in [6.45, 7) is 2.36. The van der Waals surface area contributed by atoms with Crippen molar-refractivity contribution in [3.63, 3.8) is 0 Å². The van der Waals surface area contributed by atoms with Crippen LogP contribution < -0.4 is 34.7 Å². The molecule has 0 aliphatic rings. The van der Waals surface area contributed by atoms with Gasteiger partial charge in [-0.05, 0) is 12.5 Å². The summed E-state index contributed by atoms with van der Waals surface area (Å²) in [5.74, 6) is -2.80. The van der Waals surface area contributed by atoms with Gasteiger partial charge < -0.3 is 15.0 Å². The van der Waals surface area contributed by atoms with Gasteiger partial charge in [-0.25, -0.2) is 8.98 Å². The molecule has 0 aliphatic carbocycles. The second-order valence-corrected chi connectivity index (χ2v) is 8.63. The standard InChI is InChI=1S/C18H38O4S.C4H4O4.Na/c1-2-3-4-5-6-7-8-9-10-11-12-13-14-15-16-17-18-22-23(19,20)21;5-3(6)1-2-4(7)8;/h2-18H2,1H3,(H,19,20,21);1-2H,(H,5,6)(H,7,8);/q;;+1/p-1. The summed E-state index contributed by atoms with van der Waals surface area (Å²) in [5.41, 5.74) is 0. The van der Waals surface area contributed by atoms with E-state index in [1.807, 2.05) is 0 Å². The van der Waals surface area contributed by atoms with Crippen molar-refractivity contribution in [3.05, 3.63) is 12.2 Å². The minimum absolute atomic E-state index is 0. The van der Waals surface area contributed by atoms with Gasteiger partial charge in [0.2, 0.25) is 0 Å². The maximum Gasteiger partial charge on any atom is 1.00 e. The molecule has 0 aromatic heterocycles. The normalized spacial score (nSPS) is 10.9. The number of hydrogen-bond acceptors (Lipinski definition) is 6. The third-order valence-electron chi connectivity index (χ3n) is 4.59. The van der Waals surface area contributed by atoms with Gasteiger partial charge in [-0.1, -0.05) is 103 Å². The van der Waals surface area contributed by atoms with Crippen molar-refractivity contribution in [1.82, 2.24) is 0 Å². The van der Waals surface area contributed by atoms with Gasteiger partial charge in [-0.15, -0.1) is 0 Å². The minimum atomic E-state index is -4.24. The molecule has 0 saturated carbocycles. The predicted molar refractivity (Wildman–Crippen MR) is 119 cm³/mol. The van der Waals surface area contributed by atoms with Gasteiger partial charge in [0.25, 0.3) is 0 Å². The van der Waals surface area contributed by atoms with E-state index >= 15 is 0 Å². The Morgan fingerprint density at radius 1 is 0.750 bits per heavy atom. The Morgan fingerprint density at radius 3 is 1.34 bits per heavy atom. The van der Waals surface area contributed by atoms with Crippen LogP contribution in [0.1, 0.15) is 110 Å². The van der Waals surface area contributed by atoms with E-state index < -0.39 is 22.3 Å². The number of carbonyl (C=O) groups excluding carboxylic acids is 1. The van der Waals surface area contributed by atoms with Gasteiger partial charge in [-0.2, -0.15) is 8.42 Å². The fraction of sp³-hybridized carbons (Fsp3) is 0.818. The molecule has 184 valence electrons. The second kappa shape index (κ2) is 26.8. The number of carboxylic acids is 2. The Hall–Kier alpha value is -0.450. The summed E-state index contributed by atoms with van der Waals surface area (Å²) < 4.78 is 33.3. The van der Waals surface area contributed by atoms with Gasteiger partial charge in [0.1, 0.15) is 0 Å². The summed E-state index contributed by atoms with van der Waals surface area (Å²) in [5, 5.41) is 17.2. The third-order valence-corrected chi connectivity index (χ3v) is 5.06. The van der Waals surface area contributed by atoms with Gasteiger partial charge in [0.15, 0.2) is 0 Å². The van der Waals surface area contributed by atoms with E-state index in [1.165, 1.54) is 83.5 Å². The van der Waals surface area contributed by atoms with E-state index in [0.717, 1.165) is 12.8 Å². The van der Waals surface area contributed by atoms with Gasteiger partial charge in [0, 0.05) is 6.08 Å². The monoisotopic (exact) mass is 488 g/mol. The molecule has 0 fully saturated rings. The zero-order valence-electron chi connectivity index (χ0n) is 19.9. The number of aliphatic carboxylic acids is 2. The van der Waals surface area contributed by atoms with Crippen LogP contribution in [0.25, 0.3) is 0 Å². The molecule has 0 aromatic rings. The summed E-state index contributed by atoms with van der Waals surface area (Å²) in [4.78, 5) is 19.0. The van der Waals surface area contributed by atoms with Crippen molar-refractivity contribution >= 4 is 22.3 Å². The van der Waals surface area contributed by atoms with Crippen LogP contribution in [0.15, 0.2) is 12.2 Å². The first-order valence-electron chi connectivity index (χ1n) is 11.4. The number of unbranched alkanes of at least 4 members (excludes halogenated alkanes) is 15. The number of rotatable bonds is 20. The van der Waals surface area contributed by atoms with Crippen LogP contribution in [0.5, 0.6) is 0 Å². The maximum atomic E-state index is 10.3. The molecular formula is C22H41NaO8S. The molecule has 0 saturated heterocycles. The van der Waals surface area contributed by atoms with Crippen molar-refractivity contribution < 1.29 is 66.5 Å². The van der Waals surface area contributed by atoms with Crippen LogP contribution in [-0.4, -0.2) is 36.6 Å². The van der Waals surface area contributed by atoms with Crippen molar-refractivity contribution in [1.29, 1.82) is 0 Å². The summed E-state index contributed by atoms with van der Waals surface area (Å²) in [6, 6.07) is 0. The summed E-state index contributed by atoms with van der Waals surface area (Å²) in [6.07, 6.45) is 21.4. The molecule has 2 N–H and O–H groups in total. The molecule has 0 aromatic carbocycles. The van der Waals surface area contributed by atoms with Crippen LogP contribution in [-0.2, 0) is 24.2 Å². The second-order valence-electron chi connectivity index (χ2n) is 7.54. The summed E-state index contributed by atoms with van der Waals surface area (Å²) in [7, 11) is -4.24. The molecule has 0 unspecified atom stereocenters. The average molecular weight is 489 g/mol. The van der Waals surface area contributed by atoms with Crippen molar-refractivity contribution in [2.75, 3.05) is 6.61 Å². The molecule has 8 nitrogen and oxygen atoms in total. The zero-order chi connectivity index (χ0) is 23.8. The van der Waals surface area contributed by atoms with Gasteiger partial charge >= 0.3 is 45.9 Å². The fourth-order valence-corrected chi connectivity index (χ4v) is 3.28. The molecule has 0 bridgehead atoms. The van der Waals surface area contributed by atoms with E-state index in [9.17, 15) is 23.1 Å². The minimum Gasteiger partial charge on any atom is -0.545 e. The largest absolute Gasteiger partial charge is 1.00 e. The molecule has 0 atom stereocenters. The van der Waals surface area contributed by atoms with Crippen LogP contribution in [0.4, 0.5) is 0 Å². The fourth-order valence-electron chi connectivity index (χ4n) is 2.95. The van der Waals surface area contributed by atoms with E-state index in [2.05, 4.69) is 11.1 Å². The Labute approximate surface area is 216 Å². The Kier molecular flexibility index (Phi) is 30.3. The molecule has 0 heterocycles. The Bertz CT molecular complexity index is 548. The maximum absolute atomic E-state index is 10.3.